The van der Waals surface area contributed by atoms with Crippen molar-refractivity contribution >= 4 is 17.3 Å². The maximum absolute atomic E-state index is 14.6. The summed E-state index contributed by atoms with van der Waals surface area (Å²) >= 11 is 0. The Morgan fingerprint density at radius 3 is 2.29 bits per heavy atom. The Bertz CT molecular complexity index is 1020. The summed E-state index contributed by atoms with van der Waals surface area (Å²) < 4.78 is 42.9. The standard InChI is InChI=1S/C24H30F3N3O2.C2H6/c1-14(2)28-11-23(4,5)24(32)12-30(13-24)22(31)16-7-8-17(25)20(27)21(16)29-19-9-6-15(3)10-18(19)26;1-2/h6-10,14,28-29,32H,11-13H2,1-5H3;1-2H3. The van der Waals surface area contributed by atoms with E-state index >= 15 is 0 Å². The van der Waals surface area contributed by atoms with Crippen LogP contribution in [0.3, 0.4) is 0 Å². The average Bonchev–Trinajstić information content (AvgIpc) is 2.76. The van der Waals surface area contributed by atoms with E-state index in [0.29, 0.717) is 12.1 Å². The van der Waals surface area contributed by atoms with E-state index in [1.165, 1.54) is 17.0 Å². The molecular weight excluding hydrogens is 443 g/mol. The van der Waals surface area contributed by atoms with E-state index < -0.39 is 40.1 Å². The van der Waals surface area contributed by atoms with Crippen molar-refractivity contribution in [1.82, 2.24) is 10.2 Å². The molecule has 1 aliphatic heterocycles. The summed E-state index contributed by atoms with van der Waals surface area (Å²) in [5.74, 6) is -3.65. The number of hydrogen-bond acceptors (Lipinski definition) is 4. The van der Waals surface area contributed by atoms with Crippen molar-refractivity contribution in [3.63, 3.8) is 0 Å². The van der Waals surface area contributed by atoms with Crippen molar-refractivity contribution in [3.05, 3.63) is 58.9 Å². The fourth-order valence-corrected chi connectivity index (χ4v) is 3.66. The van der Waals surface area contributed by atoms with Gasteiger partial charge in [0.25, 0.3) is 5.91 Å². The van der Waals surface area contributed by atoms with Crippen LogP contribution >= 0.6 is 0 Å². The van der Waals surface area contributed by atoms with Gasteiger partial charge in [0.1, 0.15) is 11.4 Å². The number of likely N-dealkylation sites (tertiary alicyclic amines) is 1. The molecule has 1 fully saturated rings. The normalized spacial score (nSPS) is 14.9. The molecule has 3 rings (SSSR count). The van der Waals surface area contributed by atoms with Crippen molar-refractivity contribution in [3.8, 4) is 0 Å². The summed E-state index contributed by atoms with van der Waals surface area (Å²) in [5.41, 5.74) is -1.62. The van der Waals surface area contributed by atoms with Gasteiger partial charge in [-0.2, -0.15) is 0 Å². The lowest BCUT2D eigenvalue weighted by molar-refractivity contribution is -0.152. The van der Waals surface area contributed by atoms with Crippen LogP contribution in [0, 0.1) is 29.8 Å². The van der Waals surface area contributed by atoms with Gasteiger partial charge in [-0.25, -0.2) is 13.2 Å². The molecule has 0 unspecified atom stereocenters. The number of anilines is 2. The van der Waals surface area contributed by atoms with Gasteiger partial charge in [-0.05, 0) is 36.8 Å². The van der Waals surface area contributed by atoms with Crippen LogP contribution in [-0.4, -0.2) is 47.2 Å². The fraction of sp³-hybridized carbons (Fsp3) is 0.500. The SMILES string of the molecule is CC.Cc1ccc(Nc2c(C(=O)N3CC(O)(C(C)(C)CNC(C)C)C3)ccc(F)c2F)c(F)c1. The second kappa shape index (κ2) is 10.8. The highest BCUT2D eigenvalue weighted by atomic mass is 19.2. The molecule has 1 heterocycles. The summed E-state index contributed by atoms with van der Waals surface area (Å²) in [6.07, 6.45) is 0. The number of amides is 1. The minimum absolute atomic E-state index is 0.0515. The van der Waals surface area contributed by atoms with Gasteiger partial charge >= 0.3 is 0 Å². The molecule has 1 amide bonds. The number of nitrogens with zero attached hydrogens (tertiary/aromatic N) is 1. The summed E-state index contributed by atoms with van der Waals surface area (Å²) in [4.78, 5) is 14.5. The molecule has 188 valence electrons. The molecule has 0 saturated carbocycles. The maximum atomic E-state index is 14.6. The lowest BCUT2D eigenvalue weighted by Crippen LogP contribution is -2.71. The molecule has 1 saturated heterocycles. The number of halogens is 3. The van der Waals surface area contributed by atoms with Crippen LogP contribution in [0.4, 0.5) is 24.5 Å². The smallest absolute Gasteiger partial charge is 0.256 e. The van der Waals surface area contributed by atoms with Gasteiger partial charge in [0.05, 0.1) is 30.0 Å². The summed E-state index contributed by atoms with van der Waals surface area (Å²) in [6.45, 7) is 14.2. The van der Waals surface area contributed by atoms with Crippen LogP contribution in [-0.2, 0) is 0 Å². The Morgan fingerprint density at radius 2 is 1.74 bits per heavy atom. The van der Waals surface area contributed by atoms with Crippen molar-refractivity contribution in [2.45, 2.75) is 60.1 Å². The molecule has 0 aromatic heterocycles. The third-order valence-electron chi connectivity index (χ3n) is 6.11. The third kappa shape index (κ3) is 5.73. The number of benzene rings is 2. The number of nitrogens with one attached hydrogen (secondary N) is 2. The van der Waals surface area contributed by atoms with E-state index in [0.717, 1.165) is 12.1 Å². The van der Waals surface area contributed by atoms with Gasteiger partial charge < -0.3 is 20.6 Å². The second-order valence-corrected chi connectivity index (χ2v) is 9.50. The molecule has 3 N–H and O–H groups in total. The largest absolute Gasteiger partial charge is 0.386 e. The maximum Gasteiger partial charge on any atom is 0.256 e. The number of β-amino-alcohol motifs (C(OH)–C–C–N with tert-alkyl or cyclic N) is 1. The monoisotopic (exact) mass is 479 g/mol. The van der Waals surface area contributed by atoms with Gasteiger partial charge in [-0.3, -0.25) is 4.79 Å². The van der Waals surface area contributed by atoms with E-state index in [-0.39, 0.29) is 30.4 Å². The Hall–Kier alpha value is -2.58. The zero-order valence-electron chi connectivity index (χ0n) is 21.0. The first-order valence-electron chi connectivity index (χ1n) is 11.6. The quantitative estimate of drug-likeness (QED) is 0.498. The first-order valence-corrected chi connectivity index (χ1v) is 11.6. The summed E-state index contributed by atoms with van der Waals surface area (Å²) in [5, 5.41) is 16.9. The number of rotatable bonds is 7. The predicted octanol–water partition coefficient (Wildman–Crippen LogP) is 5.39. The Kier molecular flexibility index (Phi) is 8.77. The Labute approximate surface area is 200 Å². The van der Waals surface area contributed by atoms with Crippen molar-refractivity contribution < 1.29 is 23.1 Å². The molecule has 8 heteroatoms. The van der Waals surface area contributed by atoms with Crippen LogP contribution in [0.1, 0.15) is 57.5 Å². The van der Waals surface area contributed by atoms with Gasteiger partial charge in [0.2, 0.25) is 0 Å². The molecule has 2 aromatic carbocycles. The number of carbonyl (C=O) groups excluding carboxylic acids is 1. The van der Waals surface area contributed by atoms with Crippen LogP contribution in [0.5, 0.6) is 0 Å². The molecule has 1 aliphatic rings. The number of hydrogen-bond donors (Lipinski definition) is 3. The highest BCUT2D eigenvalue weighted by Crippen LogP contribution is 2.40. The second-order valence-electron chi connectivity index (χ2n) is 9.50. The van der Waals surface area contributed by atoms with Gasteiger partial charge in [0, 0.05) is 18.0 Å². The molecule has 34 heavy (non-hydrogen) atoms. The first kappa shape index (κ1) is 27.7. The van der Waals surface area contributed by atoms with E-state index in [2.05, 4.69) is 10.6 Å². The third-order valence-corrected chi connectivity index (χ3v) is 6.11. The topological polar surface area (TPSA) is 64.6 Å². The number of carbonyl (C=O) groups is 1. The highest BCUT2D eigenvalue weighted by molar-refractivity contribution is 6.01. The van der Waals surface area contributed by atoms with Gasteiger partial charge in [0.15, 0.2) is 11.6 Å². The van der Waals surface area contributed by atoms with E-state index in [4.69, 9.17) is 0 Å². The van der Waals surface area contributed by atoms with E-state index in [1.807, 2.05) is 41.5 Å². The molecular formula is C26H36F3N3O2. The lowest BCUT2D eigenvalue weighted by atomic mass is 9.69. The summed E-state index contributed by atoms with van der Waals surface area (Å²) in [7, 11) is 0. The Morgan fingerprint density at radius 1 is 1.12 bits per heavy atom. The minimum Gasteiger partial charge on any atom is -0.386 e. The van der Waals surface area contributed by atoms with Crippen LogP contribution in [0.15, 0.2) is 30.3 Å². The number of aryl methyl sites for hydroxylation is 1. The van der Waals surface area contributed by atoms with Crippen molar-refractivity contribution in [1.29, 1.82) is 0 Å². The van der Waals surface area contributed by atoms with Crippen LogP contribution in [0.2, 0.25) is 0 Å². The molecule has 0 aliphatic carbocycles. The molecule has 0 spiro atoms. The molecule has 2 aromatic rings. The zero-order chi connectivity index (χ0) is 25.8. The van der Waals surface area contributed by atoms with Gasteiger partial charge in [-0.15, -0.1) is 0 Å². The van der Waals surface area contributed by atoms with Crippen LogP contribution in [0.25, 0.3) is 0 Å². The molecule has 0 radical (unpaired) electrons. The van der Waals surface area contributed by atoms with E-state index in [9.17, 15) is 23.1 Å². The van der Waals surface area contributed by atoms with Crippen molar-refractivity contribution in [2.24, 2.45) is 5.41 Å². The molecule has 5 nitrogen and oxygen atoms in total. The Balaban J connectivity index is 0.00000199. The molecule has 0 atom stereocenters. The first-order chi connectivity index (χ1) is 15.8. The molecule has 0 bridgehead atoms. The fourth-order valence-electron chi connectivity index (χ4n) is 3.66. The highest BCUT2D eigenvalue weighted by Gasteiger charge is 2.53. The van der Waals surface area contributed by atoms with E-state index in [1.54, 1.807) is 13.0 Å². The minimum atomic E-state index is -1.27. The lowest BCUT2D eigenvalue weighted by Gasteiger charge is -2.55. The number of aliphatic hydroxyl groups is 1. The summed E-state index contributed by atoms with van der Waals surface area (Å²) in [6, 6.07) is 6.54. The van der Waals surface area contributed by atoms with Gasteiger partial charge in [-0.1, -0.05) is 47.6 Å². The van der Waals surface area contributed by atoms with Crippen LogP contribution < -0.4 is 10.6 Å². The predicted molar refractivity (Wildman–Crippen MR) is 130 cm³/mol. The zero-order valence-corrected chi connectivity index (χ0v) is 21.0. The van der Waals surface area contributed by atoms with Crippen molar-refractivity contribution in [2.75, 3.05) is 25.0 Å². The average molecular weight is 480 g/mol.